The molecule has 19 heavy (non-hydrogen) atoms. The Kier molecular flexibility index (Phi) is 3.93. The summed E-state index contributed by atoms with van der Waals surface area (Å²) >= 11 is 5.76. The molecular weight excluding hydrogens is 263 g/mol. The van der Waals surface area contributed by atoms with E-state index in [0.29, 0.717) is 5.56 Å². The Morgan fingerprint density at radius 3 is 2.26 bits per heavy atom. The van der Waals surface area contributed by atoms with Crippen LogP contribution in [-0.4, -0.2) is 5.11 Å². The fourth-order valence-corrected chi connectivity index (χ4v) is 2.33. The molecule has 2 rings (SSSR count). The molecule has 0 fully saturated rings. The average molecular weight is 279 g/mol. The van der Waals surface area contributed by atoms with E-state index in [4.69, 9.17) is 11.6 Å². The second-order valence-corrected chi connectivity index (χ2v) is 5.28. The van der Waals surface area contributed by atoms with E-state index in [0.717, 1.165) is 16.7 Å². The van der Waals surface area contributed by atoms with E-state index in [-0.39, 0.29) is 5.02 Å². The Morgan fingerprint density at radius 2 is 1.63 bits per heavy atom. The van der Waals surface area contributed by atoms with Gasteiger partial charge in [0.2, 0.25) is 0 Å². The van der Waals surface area contributed by atoms with Crippen LogP contribution in [0, 0.1) is 26.6 Å². The summed E-state index contributed by atoms with van der Waals surface area (Å²) in [5.41, 5.74) is 4.73. The highest BCUT2D eigenvalue weighted by Gasteiger charge is 2.15. The maximum atomic E-state index is 13.1. The van der Waals surface area contributed by atoms with Gasteiger partial charge in [-0.15, -0.1) is 0 Å². The Labute approximate surface area is 117 Å². The van der Waals surface area contributed by atoms with Crippen LogP contribution >= 0.6 is 11.6 Å². The zero-order chi connectivity index (χ0) is 14.2. The molecule has 0 aromatic heterocycles. The Morgan fingerprint density at radius 1 is 1.00 bits per heavy atom. The molecule has 1 atom stereocenters. The Bertz CT molecular complexity index is 622. The molecule has 0 radical (unpaired) electrons. The number of benzene rings is 2. The van der Waals surface area contributed by atoms with E-state index in [2.05, 4.69) is 0 Å². The molecule has 0 amide bonds. The van der Waals surface area contributed by atoms with Crippen LogP contribution in [0.25, 0.3) is 0 Å². The van der Waals surface area contributed by atoms with E-state index >= 15 is 0 Å². The van der Waals surface area contributed by atoms with Gasteiger partial charge in [0.25, 0.3) is 0 Å². The highest BCUT2D eigenvalue weighted by molar-refractivity contribution is 6.30. The quantitative estimate of drug-likeness (QED) is 0.858. The minimum Gasteiger partial charge on any atom is -0.384 e. The molecule has 2 aromatic rings. The second-order valence-electron chi connectivity index (χ2n) is 4.87. The molecule has 0 heterocycles. The SMILES string of the molecule is Cc1cc(C)c(C(O)c2ccc(F)c(Cl)c2)cc1C. The third-order valence-corrected chi connectivity index (χ3v) is 3.73. The first-order chi connectivity index (χ1) is 8.90. The normalized spacial score (nSPS) is 12.5. The van der Waals surface area contributed by atoms with Crippen molar-refractivity contribution in [3.8, 4) is 0 Å². The van der Waals surface area contributed by atoms with Crippen LogP contribution in [0.2, 0.25) is 5.02 Å². The van der Waals surface area contributed by atoms with Crippen LogP contribution in [0.4, 0.5) is 4.39 Å². The van der Waals surface area contributed by atoms with Crippen molar-refractivity contribution in [1.82, 2.24) is 0 Å². The highest BCUT2D eigenvalue weighted by atomic mass is 35.5. The number of halogens is 2. The highest BCUT2D eigenvalue weighted by Crippen LogP contribution is 2.29. The lowest BCUT2D eigenvalue weighted by Crippen LogP contribution is -2.03. The summed E-state index contributed by atoms with van der Waals surface area (Å²) in [6.07, 6.45) is -0.794. The lowest BCUT2D eigenvalue weighted by atomic mass is 9.93. The molecule has 1 unspecified atom stereocenters. The molecule has 0 spiro atoms. The first kappa shape index (κ1) is 14.0. The third kappa shape index (κ3) is 2.80. The molecule has 0 aliphatic carbocycles. The summed E-state index contributed by atoms with van der Waals surface area (Å²) in [5, 5.41) is 10.4. The topological polar surface area (TPSA) is 20.2 Å². The smallest absolute Gasteiger partial charge is 0.141 e. The van der Waals surface area contributed by atoms with E-state index < -0.39 is 11.9 Å². The van der Waals surface area contributed by atoms with Crippen molar-refractivity contribution in [2.24, 2.45) is 0 Å². The Balaban J connectivity index is 2.46. The van der Waals surface area contributed by atoms with Gasteiger partial charge in [0, 0.05) is 0 Å². The summed E-state index contributed by atoms with van der Waals surface area (Å²) in [4.78, 5) is 0. The van der Waals surface area contributed by atoms with Gasteiger partial charge in [-0.1, -0.05) is 29.8 Å². The molecule has 0 saturated heterocycles. The van der Waals surface area contributed by atoms with Crippen LogP contribution in [-0.2, 0) is 0 Å². The molecule has 0 bridgehead atoms. The van der Waals surface area contributed by atoms with Gasteiger partial charge in [0.05, 0.1) is 5.02 Å². The molecule has 3 heteroatoms. The molecule has 1 N–H and O–H groups in total. The maximum absolute atomic E-state index is 13.1. The lowest BCUT2D eigenvalue weighted by molar-refractivity contribution is 0.219. The van der Waals surface area contributed by atoms with Gasteiger partial charge in [-0.3, -0.25) is 0 Å². The number of aliphatic hydroxyl groups is 1. The molecule has 0 aliphatic heterocycles. The molecular formula is C16H16ClFO. The van der Waals surface area contributed by atoms with E-state index in [1.807, 2.05) is 32.9 Å². The van der Waals surface area contributed by atoms with Crippen molar-refractivity contribution in [1.29, 1.82) is 0 Å². The number of aliphatic hydroxyl groups excluding tert-OH is 1. The van der Waals surface area contributed by atoms with Crippen molar-refractivity contribution in [2.75, 3.05) is 0 Å². The van der Waals surface area contributed by atoms with Crippen molar-refractivity contribution >= 4 is 11.6 Å². The van der Waals surface area contributed by atoms with Crippen LogP contribution in [0.3, 0.4) is 0 Å². The van der Waals surface area contributed by atoms with Crippen LogP contribution in [0.1, 0.15) is 33.9 Å². The van der Waals surface area contributed by atoms with Crippen LogP contribution in [0.5, 0.6) is 0 Å². The van der Waals surface area contributed by atoms with Gasteiger partial charge in [0.1, 0.15) is 11.9 Å². The molecule has 100 valence electrons. The van der Waals surface area contributed by atoms with E-state index in [1.165, 1.54) is 17.7 Å². The average Bonchev–Trinajstić information content (AvgIpc) is 2.36. The van der Waals surface area contributed by atoms with Crippen molar-refractivity contribution in [3.05, 3.63) is 69.0 Å². The number of hydrogen-bond donors (Lipinski definition) is 1. The number of aryl methyl sites for hydroxylation is 3. The summed E-state index contributed by atoms with van der Waals surface area (Å²) in [7, 11) is 0. The fraction of sp³-hybridized carbons (Fsp3) is 0.250. The summed E-state index contributed by atoms with van der Waals surface area (Å²) in [6, 6.07) is 8.31. The third-order valence-electron chi connectivity index (χ3n) is 3.44. The van der Waals surface area contributed by atoms with Crippen LogP contribution < -0.4 is 0 Å². The minimum atomic E-state index is -0.794. The summed E-state index contributed by atoms with van der Waals surface area (Å²) in [5.74, 6) is -0.477. The van der Waals surface area contributed by atoms with Crippen molar-refractivity contribution in [2.45, 2.75) is 26.9 Å². The van der Waals surface area contributed by atoms with E-state index in [1.54, 1.807) is 6.07 Å². The lowest BCUT2D eigenvalue weighted by Gasteiger charge is -2.16. The molecule has 0 aliphatic rings. The maximum Gasteiger partial charge on any atom is 0.141 e. The van der Waals surface area contributed by atoms with Crippen LogP contribution in [0.15, 0.2) is 30.3 Å². The zero-order valence-electron chi connectivity index (χ0n) is 11.2. The van der Waals surface area contributed by atoms with Gasteiger partial charge in [0.15, 0.2) is 0 Å². The molecule has 2 aromatic carbocycles. The fourth-order valence-electron chi connectivity index (χ4n) is 2.14. The standard InChI is InChI=1S/C16H16ClFO/c1-9-6-11(3)13(7-10(9)2)16(19)12-4-5-15(18)14(17)8-12/h4-8,16,19H,1-3H3. The Hall–Kier alpha value is -1.38. The second kappa shape index (κ2) is 5.32. The van der Waals surface area contributed by atoms with Gasteiger partial charge >= 0.3 is 0 Å². The van der Waals surface area contributed by atoms with Gasteiger partial charge in [-0.2, -0.15) is 0 Å². The molecule has 1 nitrogen and oxygen atoms in total. The van der Waals surface area contributed by atoms with Gasteiger partial charge in [-0.25, -0.2) is 4.39 Å². The number of hydrogen-bond acceptors (Lipinski definition) is 1. The first-order valence-corrected chi connectivity index (χ1v) is 6.48. The minimum absolute atomic E-state index is 0.0260. The predicted molar refractivity (Wildman–Crippen MR) is 76.1 cm³/mol. The predicted octanol–water partition coefficient (Wildman–Crippen LogP) is 4.49. The van der Waals surface area contributed by atoms with E-state index in [9.17, 15) is 9.50 Å². The first-order valence-electron chi connectivity index (χ1n) is 6.11. The zero-order valence-corrected chi connectivity index (χ0v) is 11.9. The van der Waals surface area contributed by atoms with Gasteiger partial charge in [-0.05, 0) is 60.7 Å². The van der Waals surface area contributed by atoms with Crippen molar-refractivity contribution in [3.63, 3.8) is 0 Å². The monoisotopic (exact) mass is 278 g/mol. The summed E-state index contributed by atoms with van der Waals surface area (Å²) < 4.78 is 13.1. The van der Waals surface area contributed by atoms with Crippen molar-refractivity contribution < 1.29 is 9.50 Å². The summed E-state index contributed by atoms with van der Waals surface area (Å²) in [6.45, 7) is 5.99. The van der Waals surface area contributed by atoms with Gasteiger partial charge < -0.3 is 5.11 Å². The largest absolute Gasteiger partial charge is 0.384 e. The molecule has 0 saturated carbocycles. The number of rotatable bonds is 2.